The Labute approximate surface area is 192 Å². The van der Waals surface area contributed by atoms with Crippen LogP contribution in [0.15, 0.2) is 30.5 Å². The van der Waals surface area contributed by atoms with Crippen molar-refractivity contribution in [2.24, 2.45) is 17.6 Å². The summed E-state index contributed by atoms with van der Waals surface area (Å²) in [5, 5.41) is 21.2. The highest BCUT2D eigenvalue weighted by Gasteiger charge is 2.48. The van der Waals surface area contributed by atoms with Crippen LogP contribution >= 0.6 is 0 Å². The topological polar surface area (TPSA) is 109 Å². The minimum absolute atomic E-state index is 0.147. The van der Waals surface area contributed by atoms with Gasteiger partial charge in [-0.2, -0.15) is 0 Å². The minimum Gasteiger partial charge on any atom is -0.438 e. The molecule has 0 saturated carbocycles. The van der Waals surface area contributed by atoms with E-state index < -0.39 is 29.4 Å². The number of aromatic nitrogens is 1. The molecule has 1 aromatic carbocycles. The van der Waals surface area contributed by atoms with Crippen LogP contribution < -0.4 is 10.6 Å². The van der Waals surface area contributed by atoms with Crippen molar-refractivity contribution in [2.45, 2.75) is 51.9 Å². The number of benzene rings is 1. The molecule has 2 aromatic rings. The molecular formula is C24H31F2N3O4. The minimum atomic E-state index is -1.21. The Kier molecular flexibility index (Phi) is 7.54. The summed E-state index contributed by atoms with van der Waals surface area (Å²) in [5.74, 6) is -1.95. The van der Waals surface area contributed by atoms with Gasteiger partial charge in [0.15, 0.2) is 17.2 Å². The summed E-state index contributed by atoms with van der Waals surface area (Å²) >= 11 is 0. The molecule has 2 heterocycles. The molecular weight excluding hydrogens is 432 g/mol. The average Bonchev–Trinajstić information content (AvgIpc) is 2.79. The number of pyridine rings is 1. The van der Waals surface area contributed by atoms with Crippen molar-refractivity contribution in [3.63, 3.8) is 0 Å². The molecule has 1 aliphatic heterocycles. The Morgan fingerprint density at radius 2 is 2.00 bits per heavy atom. The van der Waals surface area contributed by atoms with Gasteiger partial charge in [0.25, 0.3) is 0 Å². The number of piperidine rings is 1. The van der Waals surface area contributed by atoms with Gasteiger partial charge in [0.05, 0.1) is 36.8 Å². The fourth-order valence-electron chi connectivity index (χ4n) is 4.40. The third kappa shape index (κ3) is 5.25. The van der Waals surface area contributed by atoms with Crippen LogP contribution in [0.4, 0.5) is 19.3 Å². The number of rotatable bonds is 7. The molecule has 3 unspecified atom stereocenters. The second-order valence-corrected chi connectivity index (χ2v) is 9.04. The fraction of sp³-hybridized carbons (Fsp3) is 0.500. The highest BCUT2D eigenvalue weighted by atomic mass is 19.2. The molecule has 1 aromatic heterocycles. The number of anilines is 1. The average molecular weight is 464 g/mol. The summed E-state index contributed by atoms with van der Waals surface area (Å²) in [6.45, 7) is 6.31. The van der Waals surface area contributed by atoms with Crippen molar-refractivity contribution >= 4 is 11.8 Å². The lowest BCUT2D eigenvalue weighted by Gasteiger charge is -2.47. The van der Waals surface area contributed by atoms with Crippen LogP contribution in [0, 0.1) is 23.5 Å². The van der Waals surface area contributed by atoms with Crippen molar-refractivity contribution < 1.29 is 28.5 Å². The molecule has 33 heavy (non-hydrogen) atoms. The molecule has 180 valence electrons. The van der Waals surface area contributed by atoms with Gasteiger partial charge in [-0.1, -0.05) is 20.8 Å². The summed E-state index contributed by atoms with van der Waals surface area (Å²) < 4.78 is 32.5. The second-order valence-electron chi connectivity index (χ2n) is 9.04. The number of halogens is 2. The lowest BCUT2D eigenvalue weighted by molar-refractivity contribution is -0.112. The molecule has 0 spiro atoms. The molecule has 3 atom stereocenters. The molecule has 1 aliphatic rings. The number of primary amides is 1. The first-order valence-corrected chi connectivity index (χ1v) is 11.0. The Morgan fingerprint density at radius 3 is 2.61 bits per heavy atom. The fourth-order valence-corrected chi connectivity index (χ4v) is 4.40. The van der Waals surface area contributed by atoms with Gasteiger partial charge in [-0.15, -0.1) is 0 Å². The van der Waals surface area contributed by atoms with Crippen LogP contribution in [0.5, 0.6) is 0 Å². The normalized spacial score (nSPS) is 20.5. The maximum Gasteiger partial charge on any atom is 0.405 e. The molecule has 1 saturated heterocycles. The van der Waals surface area contributed by atoms with E-state index in [0.29, 0.717) is 41.9 Å². The first-order valence-electron chi connectivity index (χ1n) is 11.0. The molecule has 9 heteroatoms. The first-order chi connectivity index (χ1) is 15.6. The van der Waals surface area contributed by atoms with Crippen molar-refractivity contribution in [1.82, 2.24) is 4.98 Å². The number of amides is 1. The number of hydrogen-bond acceptors (Lipinski definition) is 6. The van der Waals surface area contributed by atoms with Gasteiger partial charge in [0, 0.05) is 17.7 Å². The lowest BCUT2D eigenvalue weighted by Crippen LogP contribution is -2.60. The first kappa shape index (κ1) is 24.9. The predicted molar refractivity (Wildman–Crippen MR) is 120 cm³/mol. The van der Waals surface area contributed by atoms with Crippen LogP contribution in [0.25, 0.3) is 11.3 Å². The summed E-state index contributed by atoms with van der Waals surface area (Å²) in [6.07, 6.45) is 0.700. The number of hydrogen-bond donors (Lipinski definition) is 3. The van der Waals surface area contributed by atoms with E-state index in [9.17, 15) is 23.8 Å². The smallest absolute Gasteiger partial charge is 0.405 e. The van der Waals surface area contributed by atoms with Gasteiger partial charge >= 0.3 is 6.09 Å². The molecule has 1 amide bonds. The molecule has 1 fully saturated rings. The number of nitrogens with two attached hydrogens (primary N) is 1. The monoisotopic (exact) mass is 463 g/mol. The van der Waals surface area contributed by atoms with Gasteiger partial charge in [-0.3, -0.25) is 4.98 Å². The van der Waals surface area contributed by atoms with E-state index >= 15 is 0 Å². The van der Waals surface area contributed by atoms with E-state index in [-0.39, 0.29) is 25.0 Å². The van der Waals surface area contributed by atoms with E-state index in [4.69, 9.17) is 10.5 Å². The van der Waals surface area contributed by atoms with E-state index in [2.05, 4.69) is 4.98 Å². The van der Waals surface area contributed by atoms with Crippen LogP contribution in [0.2, 0.25) is 0 Å². The van der Waals surface area contributed by atoms with E-state index in [0.717, 1.165) is 12.1 Å². The highest BCUT2D eigenvalue weighted by molar-refractivity contribution is 5.66. The quantitative estimate of drug-likeness (QED) is 0.579. The molecule has 7 nitrogen and oxygen atoms in total. The second kappa shape index (κ2) is 10.0. The van der Waals surface area contributed by atoms with Gasteiger partial charge in [-0.25, -0.2) is 13.6 Å². The number of aliphatic hydroxyl groups is 2. The summed E-state index contributed by atoms with van der Waals surface area (Å²) in [6, 6.07) is 5.10. The van der Waals surface area contributed by atoms with E-state index in [1.165, 1.54) is 6.07 Å². The molecule has 4 N–H and O–H groups in total. The molecule has 0 bridgehead atoms. The third-order valence-corrected chi connectivity index (χ3v) is 6.57. The molecule has 0 radical (unpaired) electrons. The predicted octanol–water partition coefficient (Wildman–Crippen LogP) is 3.61. The number of carbonyl (C=O) groups is 1. The van der Waals surface area contributed by atoms with Crippen molar-refractivity contribution in [1.29, 1.82) is 0 Å². The number of carbonyl (C=O) groups excluding carboxylic acids is 1. The van der Waals surface area contributed by atoms with Crippen molar-refractivity contribution in [3.8, 4) is 11.3 Å². The number of aliphatic hydroxyl groups excluding tert-OH is 2. The van der Waals surface area contributed by atoms with Crippen LogP contribution in [0.1, 0.15) is 39.2 Å². The maximum absolute atomic E-state index is 13.7. The van der Waals surface area contributed by atoms with Crippen LogP contribution in [-0.2, 0) is 11.3 Å². The van der Waals surface area contributed by atoms with E-state index in [1.807, 2.05) is 25.7 Å². The Balaban J connectivity index is 1.95. The third-order valence-electron chi connectivity index (χ3n) is 6.57. The van der Waals surface area contributed by atoms with Gasteiger partial charge in [-0.05, 0) is 48.9 Å². The zero-order chi connectivity index (χ0) is 24.3. The van der Waals surface area contributed by atoms with Crippen molar-refractivity contribution in [3.05, 3.63) is 47.7 Å². The van der Waals surface area contributed by atoms with Gasteiger partial charge in [0.1, 0.15) is 0 Å². The van der Waals surface area contributed by atoms with Crippen molar-refractivity contribution in [2.75, 3.05) is 18.0 Å². The van der Waals surface area contributed by atoms with Gasteiger partial charge < -0.3 is 25.6 Å². The zero-order valence-electron chi connectivity index (χ0n) is 19.1. The van der Waals surface area contributed by atoms with Gasteiger partial charge in [0.2, 0.25) is 0 Å². The number of ether oxygens (including phenoxy) is 1. The maximum atomic E-state index is 13.7. The summed E-state index contributed by atoms with van der Waals surface area (Å²) in [4.78, 5) is 18.0. The summed E-state index contributed by atoms with van der Waals surface area (Å²) in [5.41, 5.74) is 6.04. The Morgan fingerprint density at radius 1 is 1.27 bits per heavy atom. The van der Waals surface area contributed by atoms with E-state index in [1.54, 1.807) is 12.3 Å². The lowest BCUT2D eigenvalue weighted by atomic mass is 9.77. The zero-order valence-corrected chi connectivity index (χ0v) is 19.1. The largest absolute Gasteiger partial charge is 0.438 e. The molecule has 0 aliphatic carbocycles. The SMILES string of the molecule is CC(C)C(C)C(O)C1(OC(N)=O)CCCN(c2cnc(-c3ccc(F)c(F)c3)cc2CO)C1. The number of nitrogens with zero attached hydrogens (tertiary/aromatic N) is 2. The van der Waals surface area contributed by atoms with Crippen LogP contribution in [-0.4, -0.2) is 46.1 Å². The highest BCUT2D eigenvalue weighted by Crippen LogP contribution is 2.37. The summed E-state index contributed by atoms with van der Waals surface area (Å²) in [7, 11) is 0. The standard InChI is InChI=1S/C24H31F2N3O4/c1-14(2)15(3)22(31)24(33-23(27)32)7-4-8-29(13-24)21-11-28-20(10-17(21)12-30)16-5-6-18(25)19(26)9-16/h5-6,9-11,14-15,22,30-31H,4,7-8,12-13H2,1-3H3,(H2,27,32). The van der Waals surface area contributed by atoms with Crippen LogP contribution in [0.3, 0.4) is 0 Å². The Bertz CT molecular complexity index is 1000. The Hall–Kier alpha value is -2.78. The molecule has 3 rings (SSSR count).